The molecule has 0 saturated heterocycles. The fourth-order valence-corrected chi connectivity index (χ4v) is 6.50. The summed E-state index contributed by atoms with van der Waals surface area (Å²) in [6, 6.07) is 0. The zero-order valence-corrected chi connectivity index (χ0v) is 13.7. The number of ketones is 1. The van der Waals surface area contributed by atoms with E-state index in [1.165, 1.54) is 5.57 Å². The lowest BCUT2D eigenvalue weighted by atomic mass is 9.46. The number of carbonyl (C=O) groups excluding carboxylic acids is 1. The van der Waals surface area contributed by atoms with Crippen molar-refractivity contribution in [3.8, 4) is 0 Å². The van der Waals surface area contributed by atoms with E-state index in [0.29, 0.717) is 30.6 Å². The summed E-state index contributed by atoms with van der Waals surface area (Å²) in [7, 11) is 0. The van der Waals surface area contributed by atoms with Crippen LogP contribution in [-0.2, 0) is 4.79 Å². The first-order valence-corrected chi connectivity index (χ1v) is 8.96. The zero-order valence-electron chi connectivity index (χ0n) is 13.7. The molecule has 2 N–H and O–H groups in total. The van der Waals surface area contributed by atoms with Gasteiger partial charge >= 0.3 is 0 Å². The zero-order chi connectivity index (χ0) is 15.7. The molecule has 3 nitrogen and oxygen atoms in total. The van der Waals surface area contributed by atoms with Gasteiger partial charge in [-0.2, -0.15) is 0 Å². The van der Waals surface area contributed by atoms with Gasteiger partial charge in [0, 0.05) is 6.42 Å². The summed E-state index contributed by atoms with van der Waals surface area (Å²) in [4.78, 5) is 11.8. The Labute approximate surface area is 132 Å². The van der Waals surface area contributed by atoms with E-state index < -0.39 is 0 Å². The van der Waals surface area contributed by atoms with Crippen LogP contribution in [0.3, 0.4) is 0 Å². The van der Waals surface area contributed by atoms with Crippen molar-refractivity contribution in [2.75, 3.05) is 0 Å². The number of carbonyl (C=O) groups is 1. The second-order valence-corrected chi connectivity index (χ2v) is 8.75. The molecule has 4 rings (SSSR count). The molecule has 122 valence electrons. The molecule has 0 aliphatic heterocycles. The number of fused-ring (bicyclic) bond motifs is 5. The van der Waals surface area contributed by atoms with Gasteiger partial charge in [0.1, 0.15) is 0 Å². The minimum Gasteiger partial charge on any atom is -0.393 e. The molecule has 7 atom stereocenters. The van der Waals surface area contributed by atoms with E-state index in [9.17, 15) is 15.0 Å². The quantitative estimate of drug-likeness (QED) is 0.723. The van der Waals surface area contributed by atoms with Crippen molar-refractivity contribution in [3.05, 3.63) is 11.6 Å². The first-order valence-electron chi connectivity index (χ1n) is 8.96. The van der Waals surface area contributed by atoms with Crippen LogP contribution in [0.4, 0.5) is 0 Å². The smallest absolute Gasteiger partial charge is 0.155 e. The highest BCUT2D eigenvalue weighted by atomic mass is 16.3. The predicted molar refractivity (Wildman–Crippen MR) is 84.1 cm³/mol. The van der Waals surface area contributed by atoms with Crippen molar-refractivity contribution in [1.29, 1.82) is 0 Å². The van der Waals surface area contributed by atoms with E-state index in [4.69, 9.17) is 0 Å². The summed E-state index contributed by atoms with van der Waals surface area (Å²) in [6.07, 6.45) is 7.61. The Morgan fingerprint density at radius 1 is 1.09 bits per heavy atom. The largest absolute Gasteiger partial charge is 0.393 e. The summed E-state index contributed by atoms with van der Waals surface area (Å²) in [6.45, 7) is 4.55. The Morgan fingerprint density at radius 2 is 1.86 bits per heavy atom. The van der Waals surface area contributed by atoms with Gasteiger partial charge in [0.15, 0.2) is 5.78 Å². The van der Waals surface area contributed by atoms with E-state index in [-0.39, 0.29) is 28.8 Å². The number of aliphatic hydroxyl groups is 2. The van der Waals surface area contributed by atoms with E-state index in [1.807, 2.05) is 6.08 Å². The maximum Gasteiger partial charge on any atom is 0.155 e. The van der Waals surface area contributed by atoms with E-state index >= 15 is 0 Å². The maximum absolute atomic E-state index is 11.8. The Bertz CT molecular complexity index is 539. The fraction of sp³-hybridized carbons (Fsp3) is 0.842. The Balaban J connectivity index is 1.74. The lowest BCUT2D eigenvalue weighted by Gasteiger charge is -2.59. The average molecular weight is 304 g/mol. The van der Waals surface area contributed by atoms with Crippen molar-refractivity contribution in [1.82, 2.24) is 0 Å². The molecular formula is C19H28O3. The summed E-state index contributed by atoms with van der Waals surface area (Å²) in [5.74, 6) is 1.44. The van der Waals surface area contributed by atoms with Gasteiger partial charge in [0.05, 0.1) is 12.2 Å². The topological polar surface area (TPSA) is 57.5 Å². The minimum atomic E-state index is -0.342. The first kappa shape index (κ1) is 14.9. The maximum atomic E-state index is 11.8. The summed E-state index contributed by atoms with van der Waals surface area (Å²) in [5, 5.41) is 21.3. The van der Waals surface area contributed by atoms with Gasteiger partial charge < -0.3 is 10.2 Å². The summed E-state index contributed by atoms with van der Waals surface area (Å²) in [5.41, 5.74) is 1.27. The van der Waals surface area contributed by atoms with Crippen molar-refractivity contribution < 1.29 is 15.0 Å². The molecule has 3 heteroatoms. The van der Waals surface area contributed by atoms with Gasteiger partial charge in [-0.1, -0.05) is 19.4 Å². The first-order chi connectivity index (χ1) is 10.4. The van der Waals surface area contributed by atoms with Gasteiger partial charge in [0.2, 0.25) is 0 Å². The highest BCUT2D eigenvalue weighted by Crippen LogP contribution is 2.65. The second-order valence-electron chi connectivity index (χ2n) is 8.75. The molecule has 0 heterocycles. The van der Waals surface area contributed by atoms with Crippen LogP contribution >= 0.6 is 0 Å². The third-order valence-corrected chi connectivity index (χ3v) is 7.93. The van der Waals surface area contributed by atoms with Gasteiger partial charge in [-0.3, -0.25) is 4.79 Å². The molecule has 0 spiro atoms. The average Bonchev–Trinajstić information content (AvgIpc) is 2.77. The molecule has 4 aliphatic carbocycles. The van der Waals surface area contributed by atoms with Gasteiger partial charge in [-0.15, -0.1) is 0 Å². The van der Waals surface area contributed by atoms with Crippen molar-refractivity contribution in [3.63, 3.8) is 0 Å². The van der Waals surface area contributed by atoms with Crippen LogP contribution in [0.2, 0.25) is 0 Å². The Kier molecular flexibility index (Phi) is 3.16. The number of hydrogen-bond donors (Lipinski definition) is 2. The minimum absolute atomic E-state index is 0.00971. The molecule has 0 aromatic rings. The Hall–Kier alpha value is -0.670. The predicted octanol–water partition coefficient (Wildman–Crippen LogP) is 2.85. The van der Waals surface area contributed by atoms with Crippen LogP contribution in [-0.4, -0.2) is 28.2 Å². The summed E-state index contributed by atoms with van der Waals surface area (Å²) >= 11 is 0. The number of aliphatic hydroxyl groups excluding tert-OH is 2. The van der Waals surface area contributed by atoms with Crippen molar-refractivity contribution >= 4 is 5.78 Å². The lowest BCUT2D eigenvalue weighted by molar-refractivity contribution is -0.127. The monoisotopic (exact) mass is 304 g/mol. The van der Waals surface area contributed by atoms with Gasteiger partial charge in [-0.05, 0) is 73.2 Å². The SMILES string of the molecule is C[C@]12CC[C@H]3[C@@H]([C@@H](O)CC4=CC(=O)CC[C@@]43C)[C@@H]1CC[C@@H]2O. The van der Waals surface area contributed by atoms with E-state index in [2.05, 4.69) is 13.8 Å². The molecular weight excluding hydrogens is 276 g/mol. The molecule has 0 amide bonds. The fourth-order valence-electron chi connectivity index (χ4n) is 6.50. The highest BCUT2D eigenvalue weighted by molar-refractivity contribution is 5.91. The normalized spacial score (nSPS) is 54.3. The summed E-state index contributed by atoms with van der Waals surface area (Å²) < 4.78 is 0. The molecule has 0 aromatic carbocycles. The van der Waals surface area contributed by atoms with Crippen LogP contribution in [0.25, 0.3) is 0 Å². The van der Waals surface area contributed by atoms with Crippen LogP contribution in [0, 0.1) is 28.6 Å². The van der Waals surface area contributed by atoms with Gasteiger partial charge in [0.25, 0.3) is 0 Å². The van der Waals surface area contributed by atoms with Crippen molar-refractivity contribution in [2.24, 2.45) is 28.6 Å². The highest BCUT2D eigenvalue weighted by Gasteiger charge is 2.61. The number of hydrogen-bond acceptors (Lipinski definition) is 3. The van der Waals surface area contributed by atoms with Crippen molar-refractivity contribution in [2.45, 2.75) is 71.0 Å². The molecule has 0 unspecified atom stereocenters. The molecule has 4 aliphatic rings. The third kappa shape index (κ3) is 1.78. The third-order valence-electron chi connectivity index (χ3n) is 7.93. The Morgan fingerprint density at radius 3 is 2.64 bits per heavy atom. The molecule has 0 aromatic heterocycles. The van der Waals surface area contributed by atoms with E-state index in [0.717, 1.165) is 32.1 Å². The second kappa shape index (κ2) is 4.67. The van der Waals surface area contributed by atoms with Crippen LogP contribution in [0.15, 0.2) is 11.6 Å². The van der Waals surface area contributed by atoms with E-state index in [1.54, 1.807) is 0 Å². The molecule has 3 saturated carbocycles. The molecule has 0 radical (unpaired) electrons. The molecule has 3 fully saturated rings. The van der Waals surface area contributed by atoms with Crippen LogP contribution in [0.1, 0.15) is 58.8 Å². The molecule has 22 heavy (non-hydrogen) atoms. The number of rotatable bonds is 0. The molecule has 0 bridgehead atoms. The lowest BCUT2D eigenvalue weighted by Crippen LogP contribution is -2.55. The standard InChI is InChI=1S/C19H28O3/c1-18-7-5-12(20)9-11(18)10-15(21)17-13-3-4-16(22)19(13,2)8-6-14(17)18/h9,13-17,21-22H,3-8,10H2,1-2H3/t13-,14-,15-,16-,17-,18-,19-/m0/s1. The van der Waals surface area contributed by atoms with Crippen LogP contribution < -0.4 is 0 Å². The van der Waals surface area contributed by atoms with Gasteiger partial charge in [-0.25, -0.2) is 0 Å². The van der Waals surface area contributed by atoms with Crippen LogP contribution in [0.5, 0.6) is 0 Å².